The number of carbonyl (C=O) groups excluding carboxylic acids is 1. The van der Waals surface area contributed by atoms with Gasteiger partial charge in [-0.1, -0.05) is 46.8 Å². The average Bonchev–Trinajstić information content (AvgIpc) is 3.04. The molecule has 0 aliphatic heterocycles. The molecule has 0 aliphatic carbocycles. The number of hydrogen-bond acceptors (Lipinski definition) is 3. The van der Waals surface area contributed by atoms with Crippen molar-refractivity contribution >= 4 is 11.7 Å². The normalized spacial score (nSPS) is 12.5. The van der Waals surface area contributed by atoms with Crippen molar-refractivity contribution in [2.24, 2.45) is 0 Å². The molecule has 0 aliphatic rings. The summed E-state index contributed by atoms with van der Waals surface area (Å²) >= 11 is 0. The summed E-state index contributed by atoms with van der Waals surface area (Å²) in [7, 11) is 0. The maximum absolute atomic E-state index is 12.8. The average molecular weight is 385 g/mol. The minimum absolute atomic E-state index is 0.0813. The number of anilines is 1. The van der Waals surface area contributed by atoms with E-state index in [0.29, 0.717) is 5.56 Å². The molecule has 0 saturated carbocycles. The highest BCUT2D eigenvalue weighted by Crippen LogP contribution is 2.28. The molecule has 0 bridgehead atoms. The van der Waals surface area contributed by atoms with Crippen molar-refractivity contribution in [2.75, 3.05) is 18.4 Å². The number of benzene rings is 1. The Labute approximate surface area is 170 Å². The quantitative estimate of drug-likeness (QED) is 0.760. The number of nitrogens with zero attached hydrogens (tertiary/aromatic N) is 3. The molecule has 0 saturated heterocycles. The SMILES string of the molecule is CCN(CC)Cc1ccc(C(=O)Nc2cc(C(C)(C)C)nn2C(C)(C)C)cc1. The van der Waals surface area contributed by atoms with Crippen molar-refractivity contribution in [1.29, 1.82) is 0 Å². The third-order valence-electron chi connectivity index (χ3n) is 4.87. The molecule has 0 unspecified atom stereocenters. The first-order valence-electron chi connectivity index (χ1n) is 10.2. The Kier molecular flexibility index (Phi) is 6.71. The lowest BCUT2D eigenvalue weighted by Crippen LogP contribution is -2.27. The molecule has 1 N–H and O–H groups in total. The van der Waals surface area contributed by atoms with Gasteiger partial charge in [0.05, 0.1) is 11.2 Å². The van der Waals surface area contributed by atoms with Gasteiger partial charge >= 0.3 is 0 Å². The second kappa shape index (κ2) is 8.48. The van der Waals surface area contributed by atoms with E-state index in [1.54, 1.807) is 0 Å². The van der Waals surface area contributed by atoms with Crippen LogP contribution in [-0.2, 0) is 17.5 Å². The number of amides is 1. The fraction of sp³-hybridized carbons (Fsp3) is 0.565. The molecule has 0 spiro atoms. The molecule has 0 atom stereocenters. The van der Waals surface area contributed by atoms with Gasteiger partial charge in [0.1, 0.15) is 5.82 Å². The second-order valence-electron chi connectivity index (χ2n) is 9.36. The van der Waals surface area contributed by atoms with Crippen molar-refractivity contribution < 1.29 is 4.79 Å². The van der Waals surface area contributed by atoms with Gasteiger partial charge in [-0.15, -0.1) is 0 Å². The predicted molar refractivity (Wildman–Crippen MR) is 117 cm³/mol. The van der Waals surface area contributed by atoms with Crippen molar-refractivity contribution in [3.8, 4) is 0 Å². The number of nitrogens with one attached hydrogen (secondary N) is 1. The first-order valence-corrected chi connectivity index (χ1v) is 10.2. The van der Waals surface area contributed by atoms with Crippen molar-refractivity contribution in [3.05, 3.63) is 47.2 Å². The van der Waals surface area contributed by atoms with Gasteiger partial charge in [-0.25, -0.2) is 4.68 Å². The van der Waals surface area contributed by atoms with E-state index < -0.39 is 0 Å². The molecule has 2 aromatic rings. The van der Waals surface area contributed by atoms with E-state index in [1.165, 1.54) is 5.56 Å². The lowest BCUT2D eigenvalue weighted by Gasteiger charge is -2.23. The van der Waals surface area contributed by atoms with Gasteiger partial charge in [0, 0.05) is 23.6 Å². The standard InChI is InChI=1S/C23H36N4O/c1-9-26(10-2)16-17-11-13-18(14-12-17)21(28)24-20-15-19(22(3,4)5)25-27(20)23(6,7)8/h11-15H,9-10,16H2,1-8H3,(H,24,28). The smallest absolute Gasteiger partial charge is 0.256 e. The van der Waals surface area contributed by atoms with E-state index in [9.17, 15) is 4.79 Å². The van der Waals surface area contributed by atoms with Crippen LogP contribution in [0.25, 0.3) is 0 Å². The summed E-state index contributed by atoms with van der Waals surface area (Å²) in [4.78, 5) is 15.2. The van der Waals surface area contributed by atoms with Crippen LogP contribution in [-0.4, -0.2) is 33.7 Å². The zero-order chi connectivity index (χ0) is 21.1. The Morgan fingerprint density at radius 1 is 1.04 bits per heavy atom. The van der Waals surface area contributed by atoms with Crippen LogP contribution in [0, 0.1) is 0 Å². The lowest BCUT2D eigenvalue weighted by atomic mass is 9.92. The maximum Gasteiger partial charge on any atom is 0.256 e. The van der Waals surface area contributed by atoms with Crippen molar-refractivity contribution in [2.45, 2.75) is 72.9 Å². The van der Waals surface area contributed by atoms with E-state index in [1.807, 2.05) is 35.0 Å². The Hall–Kier alpha value is -2.14. The van der Waals surface area contributed by atoms with Crippen molar-refractivity contribution in [1.82, 2.24) is 14.7 Å². The van der Waals surface area contributed by atoms with Gasteiger partial charge in [-0.2, -0.15) is 5.10 Å². The minimum Gasteiger partial charge on any atom is -0.307 e. The van der Waals surface area contributed by atoms with Crippen LogP contribution in [0.5, 0.6) is 0 Å². The third kappa shape index (κ3) is 5.44. The van der Waals surface area contributed by atoms with Gasteiger partial charge in [0.25, 0.3) is 5.91 Å². The third-order valence-corrected chi connectivity index (χ3v) is 4.87. The van der Waals surface area contributed by atoms with Crippen LogP contribution >= 0.6 is 0 Å². The largest absolute Gasteiger partial charge is 0.307 e. The van der Waals surface area contributed by atoms with Crippen LogP contribution in [0.15, 0.2) is 30.3 Å². The molecule has 0 radical (unpaired) electrons. The Balaban J connectivity index is 2.21. The second-order valence-corrected chi connectivity index (χ2v) is 9.36. The molecule has 0 fully saturated rings. The molecular weight excluding hydrogens is 348 g/mol. The van der Waals surface area contributed by atoms with Crippen LogP contribution < -0.4 is 5.32 Å². The van der Waals surface area contributed by atoms with Crippen LogP contribution in [0.1, 0.15) is 77.0 Å². The highest BCUT2D eigenvalue weighted by atomic mass is 16.1. The summed E-state index contributed by atoms with van der Waals surface area (Å²) in [6.07, 6.45) is 0. The molecule has 5 nitrogen and oxygen atoms in total. The summed E-state index contributed by atoms with van der Waals surface area (Å²) < 4.78 is 1.90. The Morgan fingerprint density at radius 3 is 2.07 bits per heavy atom. The number of aromatic nitrogens is 2. The van der Waals surface area contributed by atoms with Crippen LogP contribution in [0.3, 0.4) is 0 Å². The van der Waals surface area contributed by atoms with E-state index in [-0.39, 0.29) is 16.9 Å². The fourth-order valence-corrected chi connectivity index (χ4v) is 3.00. The van der Waals surface area contributed by atoms with E-state index in [2.05, 4.69) is 65.6 Å². The molecule has 1 heterocycles. The van der Waals surface area contributed by atoms with Gasteiger partial charge in [0.2, 0.25) is 0 Å². The van der Waals surface area contributed by atoms with E-state index in [4.69, 9.17) is 5.10 Å². The zero-order valence-electron chi connectivity index (χ0n) is 18.8. The minimum atomic E-state index is -0.222. The van der Waals surface area contributed by atoms with Gasteiger partial charge in [0.15, 0.2) is 0 Å². The highest BCUT2D eigenvalue weighted by Gasteiger charge is 2.26. The lowest BCUT2D eigenvalue weighted by molar-refractivity contribution is 0.102. The summed E-state index contributed by atoms with van der Waals surface area (Å²) in [5.41, 5.74) is 2.53. The summed E-state index contributed by atoms with van der Waals surface area (Å²) in [6, 6.07) is 9.86. The molecule has 154 valence electrons. The predicted octanol–water partition coefficient (Wildman–Crippen LogP) is 5.03. The van der Waals surface area contributed by atoms with Gasteiger partial charge < -0.3 is 5.32 Å². The van der Waals surface area contributed by atoms with E-state index >= 15 is 0 Å². The molecule has 28 heavy (non-hydrogen) atoms. The van der Waals surface area contributed by atoms with Crippen LogP contribution in [0.2, 0.25) is 0 Å². The Morgan fingerprint density at radius 2 is 1.61 bits per heavy atom. The van der Waals surface area contributed by atoms with Crippen LogP contribution in [0.4, 0.5) is 5.82 Å². The molecule has 1 amide bonds. The molecule has 1 aromatic carbocycles. The fourth-order valence-electron chi connectivity index (χ4n) is 3.00. The summed E-state index contributed by atoms with van der Waals surface area (Å²) in [5.74, 6) is 0.620. The summed E-state index contributed by atoms with van der Waals surface area (Å²) in [6.45, 7) is 19.9. The van der Waals surface area contributed by atoms with Crippen molar-refractivity contribution in [3.63, 3.8) is 0 Å². The highest BCUT2D eigenvalue weighted by molar-refractivity contribution is 6.03. The van der Waals surface area contributed by atoms with Gasteiger partial charge in [-0.05, 0) is 51.6 Å². The molecule has 1 aromatic heterocycles. The molecular formula is C23H36N4O. The number of carbonyl (C=O) groups is 1. The van der Waals surface area contributed by atoms with Gasteiger partial charge in [-0.3, -0.25) is 9.69 Å². The summed E-state index contributed by atoms with van der Waals surface area (Å²) in [5, 5.41) is 7.82. The molecule has 5 heteroatoms. The number of hydrogen-bond donors (Lipinski definition) is 1. The molecule has 2 rings (SSSR count). The number of rotatable bonds is 6. The maximum atomic E-state index is 12.8. The van der Waals surface area contributed by atoms with E-state index in [0.717, 1.165) is 31.1 Å². The monoisotopic (exact) mass is 384 g/mol. The zero-order valence-corrected chi connectivity index (χ0v) is 18.8. The first-order chi connectivity index (χ1) is 13.0. The topological polar surface area (TPSA) is 50.2 Å². The Bertz CT molecular complexity index is 787. The first kappa shape index (κ1) is 22.2.